The summed E-state index contributed by atoms with van der Waals surface area (Å²) in [4.78, 5) is 8.30. The number of hydrogen-bond donors (Lipinski definition) is 1. The van der Waals surface area contributed by atoms with Crippen LogP contribution < -0.4 is 5.32 Å². The Morgan fingerprint density at radius 3 is 2.67 bits per heavy atom. The molecule has 0 bridgehead atoms. The molecule has 1 N–H and O–H groups in total. The maximum atomic E-state index is 4.36. The lowest BCUT2D eigenvalue weighted by Gasteiger charge is -2.15. The number of anilines is 1. The summed E-state index contributed by atoms with van der Waals surface area (Å²) >= 11 is 0. The SMILES string of the molecule is CC(Nc1ccc(Cn2cncn2)cc1)c1ccccn1. The van der Waals surface area contributed by atoms with Crippen LogP contribution in [0.4, 0.5) is 5.69 Å². The van der Waals surface area contributed by atoms with Gasteiger partial charge in [-0.25, -0.2) is 9.67 Å². The molecule has 21 heavy (non-hydrogen) atoms. The van der Waals surface area contributed by atoms with E-state index in [1.807, 2.05) is 24.4 Å². The zero-order valence-electron chi connectivity index (χ0n) is 11.8. The fourth-order valence-corrected chi connectivity index (χ4v) is 2.16. The minimum absolute atomic E-state index is 0.173. The Hall–Kier alpha value is -2.69. The van der Waals surface area contributed by atoms with E-state index in [9.17, 15) is 0 Å². The van der Waals surface area contributed by atoms with Gasteiger partial charge in [-0.2, -0.15) is 5.10 Å². The third kappa shape index (κ3) is 3.45. The molecule has 1 aromatic carbocycles. The van der Waals surface area contributed by atoms with Gasteiger partial charge in [0.25, 0.3) is 0 Å². The van der Waals surface area contributed by atoms with Crippen LogP contribution in [0.5, 0.6) is 0 Å². The minimum Gasteiger partial charge on any atom is -0.377 e. The number of hydrogen-bond acceptors (Lipinski definition) is 4. The predicted molar refractivity (Wildman–Crippen MR) is 81.8 cm³/mol. The first-order valence-electron chi connectivity index (χ1n) is 6.90. The topological polar surface area (TPSA) is 55.6 Å². The lowest BCUT2D eigenvalue weighted by Crippen LogP contribution is -2.08. The second kappa shape index (κ2) is 6.17. The summed E-state index contributed by atoms with van der Waals surface area (Å²) in [7, 11) is 0. The van der Waals surface area contributed by atoms with Crippen LogP contribution in [-0.4, -0.2) is 19.7 Å². The van der Waals surface area contributed by atoms with Crippen molar-refractivity contribution in [1.82, 2.24) is 19.7 Å². The van der Waals surface area contributed by atoms with E-state index in [-0.39, 0.29) is 6.04 Å². The van der Waals surface area contributed by atoms with Gasteiger partial charge >= 0.3 is 0 Å². The second-order valence-corrected chi connectivity index (χ2v) is 4.91. The van der Waals surface area contributed by atoms with Gasteiger partial charge in [-0.15, -0.1) is 0 Å². The molecule has 0 radical (unpaired) electrons. The van der Waals surface area contributed by atoms with Crippen molar-refractivity contribution in [2.45, 2.75) is 19.5 Å². The number of pyridine rings is 1. The average Bonchev–Trinajstić information content (AvgIpc) is 3.03. The zero-order valence-corrected chi connectivity index (χ0v) is 11.8. The van der Waals surface area contributed by atoms with Crippen molar-refractivity contribution in [3.8, 4) is 0 Å². The first kappa shape index (κ1) is 13.3. The largest absolute Gasteiger partial charge is 0.377 e. The van der Waals surface area contributed by atoms with Gasteiger partial charge in [0.2, 0.25) is 0 Å². The Labute approximate surface area is 123 Å². The van der Waals surface area contributed by atoms with Crippen molar-refractivity contribution in [2.24, 2.45) is 0 Å². The number of benzene rings is 1. The Balaban J connectivity index is 1.64. The molecule has 0 amide bonds. The van der Waals surface area contributed by atoms with E-state index in [0.717, 1.165) is 17.9 Å². The third-order valence-corrected chi connectivity index (χ3v) is 3.28. The highest BCUT2D eigenvalue weighted by Gasteiger charge is 2.05. The molecule has 1 atom stereocenters. The number of aromatic nitrogens is 4. The van der Waals surface area contributed by atoms with E-state index in [1.54, 1.807) is 17.3 Å². The van der Waals surface area contributed by atoms with Crippen molar-refractivity contribution in [1.29, 1.82) is 0 Å². The summed E-state index contributed by atoms with van der Waals surface area (Å²) in [6.45, 7) is 2.84. The summed E-state index contributed by atoms with van der Waals surface area (Å²) in [5.41, 5.74) is 3.30. The predicted octanol–water partition coefficient (Wildman–Crippen LogP) is 2.89. The van der Waals surface area contributed by atoms with Gasteiger partial charge < -0.3 is 5.32 Å². The van der Waals surface area contributed by atoms with Crippen LogP contribution in [0.2, 0.25) is 0 Å². The van der Waals surface area contributed by atoms with Crippen molar-refractivity contribution >= 4 is 5.69 Å². The van der Waals surface area contributed by atoms with E-state index >= 15 is 0 Å². The normalized spacial score (nSPS) is 12.0. The van der Waals surface area contributed by atoms with Crippen LogP contribution in [0.15, 0.2) is 61.3 Å². The van der Waals surface area contributed by atoms with Gasteiger partial charge in [-0.1, -0.05) is 18.2 Å². The fourth-order valence-electron chi connectivity index (χ4n) is 2.16. The van der Waals surface area contributed by atoms with Crippen LogP contribution in [0.25, 0.3) is 0 Å². The van der Waals surface area contributed by atoms with Gasteiger partial charge in [-0.3, -0.25) is 4.98 Å². The zero-order chi connectivity index (χ0) is 14.5. The number of rotatable bonds is 5. The van der Waals surface area contributed by atoms with E-state index in [0.29, 0.717) is 0 Å². The van der Waals surface area contributed by atoms with Crippen molar-refractivity contribution in [3.05, 3.63) is 72.6 Å². The summed E-state index contributed by atoms with van der Waals surface area (Å²) < 4.78 is 1.80. The molecule has 0 aliphatic heterocycles. The molecular formula is C16H17N5. The van der Waals surface area contributed by atoms with Gasteiger partial charge in [0.1, 0.15) is 12.7 Å². The summed E-state index contributed by atoms with van der Waals surface area (Å²) in [6.07, 6.45) is 5.08. The van der Waals surface area contributed by atoms with Gasteiger partial charge in [-0.05, 0) is 36.8 Å². The molecule has 1 unspecified atom stereocenters. The van der Waals surface area contributed by atoms with Gasteiger partial charge in [0.05, 0.1) is 18.3 Å². The van der Waals surface area contributed by atoms with Crippen molar-refractivity contribution in [3.63, 3.8) is 0 Å². The minimum atomic E-state index is 0.173. The standard InChI is InChI=1S/C16H17N5/c1-13(16-4-2-3-9-18-16)20-15-7-5-14(6-8-15)10-21-12-17-11-19-21/h2-9,11-13,20H,10H2,1H3. The molecular weight excluding hydrogens is 262 g/mol. The molecule has 0 saturated heterocycles. The Kier molecular flexibility index (Phi) is 3.91. The van der Waals surface area contributed by atoms with Crippen LogP contribution in [0.1, 0.15) is 24.2 Å². The van der Waals surface area contributed by atoms with Crippen molar-refractivity contribution in [2.75, 3.05) is 5.32 Å². The van der Waals surface area contributed by atoms with E-state index in [4.69, 9.17) is 0 Å². The van der Waals surface area contributed by atoms with Crippen LogP contribution in [0.3, 0.4) is 0 Å². The van der Waals surface area contributed by atoms with E-state index in [2.05, 4.69) is 51.6 Å². The van der Waals surface area contributed by atoms with E-state index < -0.39 is 0 Å². The summed E-state index contributed by atoms with van der Waals surface area (Å²) in [5.74, 6) is 0. The van der Waals surface area contributed by atoms with Gasteiger partial charge in [0.15, 0.2) is 0 Å². The maximum Gasteiger partial charge on any atom is 0.137 e. The molecule has 2 aromatic heterocycles. The Morgan fingerprint density at radius 2 is 2.00 bits per heavy atom. The second-order valence-electron chi connectivity index (χ2n) is 4.91. The lowest BCUT2D eigenvalue weighted by atomic mass is 10.1. The highest BCUT2D eigenvalue weighted by molar-refractivity contribution is 5.46. The molecule has 2 heterocycles. The molecule has 0 fully saturated rings. The lowest BCUT2D eigenvalue weighted by molar-refractivity contribution is 0.685. The molecule has 0 aliphatic rings. The fraction of sp³-hybridized carbons (Fsp3) is 0.188. The molecule has 0 aliphatic carbocycles. The summed E-state index contributed by atoms with van der Waals surface area (Å²) in [6, 6.07) is 14.5. The monoisotopic (exact) mass is 279 g/mol. The van der Waals surface area contributed by atoms with Crippen LogP contribution >= 0.6 is 0 Å². The number of nitrogens with zero attached hydrogens (tertiary/aromatic N) is 4. The molecule has 0 saturated carbocycles. The first-order valence-corrected chi connectivity index (χ1v) is 6.90. The number of nitrogens with one attached hydrogen (secondary N) is 1. The third-order valence-electron chi connectivity index (χ3n) is 3.28. The quantitative estimate of drug-likeness (QED) is 0.780. The molecule has 3 rings (SSSR count). The highest BCUT2D eigenvalue weighted by Crippen LogP contribution is 2.18. The van der Waals surface area contributed by atoms with Crippen LogP contribution in [-0.2, 0) is 6.54 Å². The van der Waals surface area contributed by atoms with Crippen molar-refractivity contribution < 1.29 is 0 Å². The molecule has 5 nitrogen and oxygen atoms in total. The average molecular weight is 279 g/mol. The molecule has 3 aromatic rings. The Morgan fingerprint density at radius 1 is 1.14 bits per heavy atom. The first-order chi connectivity index (χ1) is 10.3. The van der Waals surface area contributed by atoms with Crippen LogP contribution in [0, 0.1) is 0 Å². The molecule has 5 heteroatoms. The molecule has 0 spiro atoms. The highest BCUT2D eigenvalue weighted by atomic mass is 15.3. The van der Waals surface area contributed by atoms with E-state index in [1.165, 1.54) is 5.56 Å². The van der Waals surface area contributed by atoms with Gasteiger partial charge in [0, 0.05) is 11.9 Å². The smallest absolute Gasteiger partial charge is 0.137 e. The molecule has 106 valence electrons. The Bertz CT molecular complexity index is 662. The summed E-state index contributed by atoms with van der Waals surface area (Å²) in [5, 5.41) is 7.55. The maximum absolute atomic E-state index is 4.36.